The predicted molar refractivity (Wildman–Crippen MR) is 132 cm³/mol. The lowest BCUT2D eigenvalue weighted by molar-refractivity contribution is -0.121. The smallest absolute Gasteiger partial charge is 0.282 e. The lowest BCUT2D eigenvalue weighted by atomic mass is 10.0. The molecule has 0 spiro atoms. The topological polar surface area (TPSA) is 73.0 Å². The van der Waals surface area contributed by atoms with Crippen molar-refractivity contribution in [3.63, 3.8) is 0 Å². The summed E-state index contributed by atoms with van der Waals surface area (Å²) in [6.07, 6.45) is 4.06. The zero-order valence-corrected chi connectivity index (χ0v) is 20.1. The number of carbonyl (C=O) groups excluding carboxylic acids is 1. The number of carbonyl (C=O) groups is 1. The second-order valence-electron chi connectivity index (χ2n) is 8.83. The van der Waals surface area contributed by atoms with Crippen molar-refractivity contribution in [2.45, 2.75) is 38.6 Å². The highest BCUT2D eigenvalue weighted by molar-refractivity contribution is 7.86. The number of benzene rings is 2. The molecule has 33 heavy (non-hydrogen) atoms. The van der Waals surface area contributed by atoms with E-state index in [1.165, 1.54) is 0 Å². The fraction of sp³-hybridized carbons (Fsp3) is 0.480. The van der Waals surface area contributed by atoms with Crippen LogP contribution >= 0.6 is 0 Å². The normalized spacial score (nSPS) is 20.2. The van der Waals surface area contributed by atoms with Gasteiger partial charge in [-0.05, 0) is 31.4 Å². The number of hydrogen-bond donors (Lipinski definition) is 1. The molecule has 1 N–H and O–H groups in total. The van der Waals surface area contributed by atoms with E-state index in [2.05, 4.69) is 10.2 Å². The molecule has 1 atom stereocenters. The molecule has 2 heterocycles. The van der Waals surface area contributed by atoms with Gasteiger partial charge in [-0.3, -0.25) is 9.69 Å². The Kier molecular flexibility index (Phi) is 7.80. The Morgan fingerprint density at radius 1 is 0.788 bits per heavy atom. The minimum Gasteiger partial charge on any atom is -0.324 e. The molecule has 178 valence electrons. The van der Waals surface area contributed by atoms with Gasteiger partial charge in [-0.15, -0.1) is 0 Å². The first-order valence-corrected chi connectivity index (χ1v) is 13.3. The average Bonchev–Trinajstić information content (AvgIpc) is 3.15. The van der Waals surface area contributed by atoms with Crippen LogP contribution in [0.2, 0.25) is 0 Å². The lowest BCUT2D eigenvalue weighted by Crippen LogP contribution is -2.56. The van der Waals surface area contributed by atoms with Crippen LogP contribution in [0.1, 0.15) is 32.6 Å². The van der Waals surface area contributed by atoms with Gasteiger partial charge >= 0.3 is 0 Å². The molecule has 2 aromatic rings. The Morgan fingerprint density at radius 3 is 2.03 bits per heavy atom. The average molecular weight is 471 g/mol. The molecule has 1 amide bonds. The highest BCUT2D eigenvalue weighted by atomic mass is 32.2. The summed E-state index contributed by atoms with van der Waals surface area (Å²) in [6.45, 7) is 5.03. The Labute approximate surface area is 197 Å². The van der Waals surface area contributed by atoms with Crippen molar-refractivity contribution in [2.75, 3.05) is 44.6 Å². The van der Waals surface area contributed by atoms with Crippen LogP contribution in [0, 0.1) is 0 Å². The van der Waals surface area contributed by atoms with Crippen LogP contribution in [0.15, 0.2) is 54.6 Å². The van der Waals surface area contributed by atoms with Gasteiger partial charge in [-0.25, -0.2) is 0 Å². The van der Waals surface area contributed by atoms with E-state index in [0.29, 0.717) is 39.3 Å². The summed E-state index contributed by atoms with van der Waals surface area (Å²) >= 11 is 0. The number of piperazine rings is 1. The van der Waals surface area contributed by atoms with Gasteiger partial charge in [0.1, 0.15) is 0 Å². The largest absolute Gasteiger partial charge is 0.324 e. The van der Waals surface area contributed by atoms with Gasteiger partial charge in [0.05, 0.1) is 6.04 Å². The molecule has 8 heteroatoms. The summed E-state index contributed by atoms with van der Waals surface area (Å²) in [5, 5.41) is 3.09. The van der Waals surface area contributed by atoms with Crippen molar-refractivity contribution in [1.29, 1.82) is 0 Å². The van der Waals surface area contributed by atoms with Crippen molar-refractivity contribution in [2.24, 2.45) is 0 Å². The molecule has 2 aromatic carbocycles. The van der Waals surface area contributed by atoms with Gasteiger partial charge in [-0.2, -0.15) is 17.0 Å². The molecule has 2 saturated heterocycles. The third kappa shape index (κ3) is 5.63. The standard InChI is InChI=1S/C25H34N4O3S/c1-21(25(30)26-24-14-8-7-13-23(24)22-11-5-4-6-12-22)27-17-19-29(20-18-27)33(31,32)28-15-9-2-3-10-16-28/h4-8,11-14,21H,2-3,9-10,15-20H2,1H3,(H,26,30). The maximum Gasteiger partial charge on any atom is 0.282 e. The highest BCUT2D eigenvalue weighted by Gasteiger charge is 2.34. The molecule has 0 aromatic heterocycles. The zero-order chi connectivity index (χ0) is 23.3. The molecule has 2 aliphatic heterocycles. The maximum absolute atomic E-state index is 13.1. The van der Waals surface area contributed by atoms with Crippen LogP contribution in [0.3, 0.4) is 0 Å². The van der Waals surface area contributed by atoms with E-state index in [9.17, 15) is 13.2 Å². The quantitative estimate of drug-likeness (QED) is 0.702. The van der Waals surface area contributed by atoms with Gasteiger partial charge in [0.15, 0.2) is 0 Å². The van der Waals surface area contributed by atoms with Crippen LogP contribution in [-0.2, 0) is 15.0 Å². The number of nitrogens with zero attached hydrogens (tertiary/aromatic N) is 3. The van der Waals surface area contributed by atoms with Gasteiger partial charge < -0.3 is 5.32 Å². The van der Waals surface area contributed by atoms with Gasteiger partial charge in [0.25, 0.3) is 10.2 Å². The molecular formula is C25H34N4O3S. The fourth-order valence-corrected chi connectivity index (χ4v) is 6.29. The first-order valence-electron chi connectivity index (χ1n) is 11.9. The molecule has 0 bridgehead atoms. The minimum absolute atomic E-state index is 0.0813. The van der Waals surface area contributed by atoms with Gasteiger partial charge in [0, 0.05) is 50.5 Å². The maximum atomic E-state index is 13.1. The Hall–Kier alpha value is -2.26. The molecule has 0 saturated carbocycles. The van der Waals surface area contributed by atoms with Gasteiger partial charge in [0.2, 0.25) is 5.91 Å². The molecule has 0 radical (unpaired) electrons. The zero-order valence-electron chi connectivity index (χ0n) is 19.3. The van der Waals surface area contributed by atoms with E-state index in [1.54, 1.807) is 8.61 Å². The number of rotatable bonds is 6. The Morgan fingerprint density at radius 2 is 1.36 bits per heavy atom. The number of anilines is 1. The van der Waals surface area contributed by atoms with E-state index in [0.717, 1.165) is 42.5 Å². The molecule has 2 aliphatic rings. The second-order valence-corrected chi connectivity index (χ2v) is 10.8. The number of para-hydroxylation sites is 1. The molecule has 4 rings (SSSR count). The highest BCUT2D eigenvalue weighted by Crippen LogP contribution is 2.28. The van der Waals surface area contributed by atoms with Crippen LogP contribution in [0.5, 0.6) is 0 Å². The van der Waals surface area contributed by atoms with E-state index < -0.39 is 10.2 Å². The molecule has 7 nitrogen and oxygen atoms in total. The van der Waals surface area contributed by atoms with Crippen molar-refractivity contribution in [1.82, 2.24) is 13.5 Å². The van der Waals surface area contributed by atoms with Crippen molar-refractivity contribution in [3.05, 3.63) is 54.6 Å². The fourth-order valence-electron chi connectivity index (χ4n) is 4.62. The van der Waals surface area contributed by atoms with E-state index in [-0.39, 0.29) is 11.9 Å². The third-order valence-electron chi connectivity index (χ3n) is 6.69. The number of nitrogens with one attached hydrogen (secondary N) is 1. The minimum atomic E-state index is -3.42. The monoisotopic (exact) mass is 470 g/mol. The second kappa shape index (κ2) is 10.8. The molecular weight excluding hydrogens is 436 g/mol. The third-order valence-corrected chi connectivity index (χ3v) is 8.72. The van der Waals surface area contributed by atoms with Crippen LogP contribution < -0.4 is 5.32 Å². The first-order chi connectivity index (χ1) is 16.0. The summed E-state index contributed by atoms with van der Waals surface area (Å²) in [4.78, 5) is 15.1. The van der Waals surface area contributed by atoms with Crippen LogP contribution in [-0.4, -0.2) is 73.1 Å². The Balaban J connectivity index is 1.37. The first kappa shape index (κ1) is 23.9. The number of hydrogen-bond acceptors (Lipinski definition) is 4. The Bertz CT molecular complexity index is 1030. The van der Waals surface area contributed by atoms with Gasteiger partial charge in [-0.1, -0.05) is 61.4 Å². The van der Waals surface area contributed by atoms with E-state index in [1.807, 2.05) is 61.5 Å². The lowest BCUT2D eigenvalue weighted by Gasteiger charge is -2.38. The van der Waals surface area contributed by atoms with Crippen molar-refractivity contribution >= 4 is 21.8 Å². The molecule has 1 unspecified atom stereocenters. The molecule has 2 fully saturated rings. The van der Waals surface area contributed by atoms with E-state index >= 15 is 0 Å². The SMILES string of the molecule is CC(C(=O)Nc1ccccc1-c1ccccc1)N1CCN(S(=O)(=O)N2CCCCCC2)CC1. The van der Waals surface area contributed by atoms with Crippen LogP contribution in [0.25, 0.3) is 11.1 Å². The summed E-state index contributed by atoms with van der Waals surface area (Å²) in [5.74, 6) is -0.0813. The summed E-state index contributed by atoms with van der Waals surface area (Å²) in [6, 6.07) is 17.4. The summed E-state index contributed by atoms with van der Waals surface area (Å²) in [5.41, 5.74) is 2.81. The van der Waals surface area contributed by atoms with Crippen LogP contribution in [0.4, 0.5) is 5.69 Å². The predicted octanol–water partition coefficient (Wildman–Crippen LogP) is 3.42. The molecule has 0 aliphatic carbocycles. The summed E-state index contributed by atoms with van der Waals surface area (Å²) < 4.78 is 29.4. The summed E-state index contributed by atoms with van der Waals surface area (Å²) in [7, 11) is -3.42. The van der Waals surface area contributed by atoms with Crippen molar-refractivity contribution in [3.8, 4) is 11.1 Å². The number of amides is 1. The van der Waals surface area contributed by atoms with Crippen molar-refractivity contribution < 1.29 is 13.2 Å². The van der Waals surface area contributed by atoms with E-state index in [4.69, 9.17) is 0 Å².